The number of thioether (sulfide) groups is 1. The van der Waals surface area contributed by atoms with E-state index in [4.69, 9.17) is 4.42 Å². The van der Waals surface area contributed by atoms with Crippen molar-refractivity contribution in [3.05, 3.63) is 72.8 Å². The highest BCUT2D eigenvalue weighted by Crippen LogP contribution is 2.27. The third-order valence-corrected chi connectivity index (χ3v) is 5.97. The third-order valence-electron chi connectivity index (χ3n) is 4.95. The maximum atomic E-state index is 12.6. The molecule has 0 aliphatic carbocycles. The predicted molar refractivity (Wildman–Crippen MR) is 130 cm³/mol. The van der Waals surface area contributed by atoms with E-state index in [9.17, 15) is 9.59 Å². The molecule has 0 radical (unpaired) electrons. The molecule has 34 heavy (non-hydrogen) atoms. The molecule has 9 nitrogen and oxygen atoms in total. The maximum absolute atomic E-state index is 12.6. The van der Waals surface area contributed by atoms with E-state index in [1.165, 1.54) is 11.8 Å². The summed E-state index contributed by atoms with van der Waals surface area (Å²) in [7, 11) is 0. The van der Waals surface area contributed by atoms with Crippen LogP contribution in [-0.4, -0.2) is 42.0 Å². The number of furan rings is 1. The van der Waals surface area contributed by atoms with Crippen LogP contribution >= 0.6 is 11.8 Å². The Morgan fingerprint density at radius 1 is 1.18 bits per heavy atom. The Balaban J connectivity index is 1.39. The van der Waals surface area contributed by atoms with E-state index < -0.39 is 5.91 Å². The summed E-state index contributed by atoms with van der Waals surface area (Å²) < 4.78 is 8.88. The van der Waals surface area contributed by atoms with Crippen molar-refractivity contribution < 1.29 is 14.0 Å². The standard InChI is InChI=1S/C24H24N6O3S/c1-4-11-29-23(20-10-12-33-17(20)3)26-27-24(29)34-15-19(31)14-22(32)25-21-13-16(2)28-30(21)18-8-6-5-7-9-18/h4-10,12-13H,1,11,14-15H2,2-3H3,(H,25,32). The number of rotatable bonds is 10. The van der Waals surface area contributed by atoms with E-state index >= 15 is 0 Å². The zero-order chi connectivity index (χ0) is 24.1. The van der Waals surface area contributed by atoms with Gasteiger partial charge in [0.15, 0.2) is 16.8 Å². The predicted octanol–water partition coefficient (Wildman–Crippen LogP) is 4.22. The molecule has 4 rings (SSSR count). The number of Topliss-reactive ketones (excluding diaryl/α,β-unsaturated/α-hetero) is 1. The lowest BCUT2D eigenvalue weighted by Crippen LogP contribution is -2.19. The van der Waals surface area contributed by atoms with Gasteiger partial charge in [-0.1, -0.05) is 36.0 Å². The largest absolute Gasteiger partial charge is 0.469 e. The molecule has 10 heteroatoms. The Morgan fingerprint density at radius 2 is 1.97 bits per heavy atom. The summed E-state index contributed by atoms with van der Waals surface area (Å²) in [6.07, 6.45) is 3.08. The second kappa shape index (κ2) is 10.3. The van der Waals surface area contributed by atoms with Crippen LogP contribution in [0.1, 0.15) is 17.9 Å². The average Bonchev–Trinajstić information content (AvgIpc) is 3.51. The summed E-state index contributed by atoms with van der Waals surface area (Å²) in [6, 6.07) is 13.1. The minimum absolute atomic E-state index is 0.0873. The van der Waals surface area contributed by atoms with Gasteiger partial charge in [-0.25, -0.2) is 4.68 Å². The number of carbonyl (C=O) groups excluding carboxylic acids is 2. The van der Waals surface area contributed by atoms with Gasteiger partial charge in [-0.05, 0) is 32.0 Å². The molecule has 0 aliphatic rings. The molecule has 174 valence electrons. The number of nitrogens with zero attached hydrogens (tertiary/aromatic N) is 5. The first kappa shape index (κ1) is 23.2. The summed E-state index contributed by atoms with van der Waals surface area (Å²) in [5.41, 5.74) is 2.40. The second-order valence-electron chi connectivity index (χ2n) is 7.57. The Morgan fingerprint density at radius 3 is 2.68 bits per heavy atom. The molecule has 1 aromatic carbocycles. The summed E-state index contributed by atoms with van der Waals surface area (Å²) in [5.74, 6) is 1.35. The van der Waals surface area contributed by atoms with E-state index in [1.54, 1.807) is 23.1 Å². The Hall–Kier alpha value is -3.92. The number of carbonyl (C=O) groups is 2. The lowest BCUT2D eigenvalue weighted by atomic mass is 10.2. The number of hydrogen-bond donors (Lipinski definition) is 1. The molecule has 0 fully saturated rings. The van der Waals surface area contributed by atoms with Crippen LogP contribution in [0.15, 0.2) is 71.0 Å². The number of aromatic nitrogens is 5. The fraction of sp³-hybridized carbons (Fsp3) is 0.208. The van der Waals surface area contributed by atoms with Gasteiger partial charge >= 0.3 is 0 Å². The summed E-state index contributed by atoms with van der Waals surface area (Å²) in [4.78, 5) is 25.1. The first-order valence-electron chi connectivity index (χ1n) is 10.6. The van der Waals surface area contributed by atoms with Crippen LogP contribution in [0.5, 0.6) is 0 Å². The number of nitrogens with one attached hydrogen (secondary N) is 1. The van der Waals surface area contributed by atoms with Gasteiger partial charge in [-0.3, -0.25) is 14.2 Å². The first-order chi connectivity index (χ1) is 16.5. The highest BCUT2D eigenvalue weighted by atomic mass is 32.2. The highest BCUT2D eigenvalue weighted by Gasteiger charge is 2.19. The van der Waals surface area contributed by atoms with Crippen LogP contribution in [0.2, 0.25) is 0 Å². The van der Waals surface area contributed by atoms with Crippen LogP contribution < -0.4 is 5.32 Å². The second-order valence-corrected chi connectivity index (χ2v) is 8.51. The van der Waals surface area contributed by atoms with Crippen LogP contribution in [0.25, 0.3) is 17.1 Å². The van der Waals surface area contributed by atoms with Crippen molar-refractivity contribution >= 4 is 29.3 Å². The molecule has 1 amide bonds. The van der Waals surface area contributed by atoms with Crippen LogP contribution in [0.4, 0.5) is 5.82 Å². The molecule has 0 aliphatic heterocycles. The van der Waals surface area contributed by atoms with E-state index in [0.717, 1.165) is 22.7 Å². The zero-order valence-corrected chi connectivity index (χ0v) is 19.7. The minimum atomic E-state index is -0.398. The highest BCUT2D eigenvalue weighted by molar-refractivity contribution is 7.99. The van der Waals surface area contributed by atoms with Gasteiger partial charge < -0.3 is 9.73 Å². The van der Waals surface area contributed by atoms with Gasteiger partial charge in [0.2, 0.25) is 5.91 Å². The van der Waals surface area contributed by atoms with E-state index in [0.29, 0.717) is 23.3 Å². The summed E-state index contributed by atoms with van der Waals surface area (Å²) in [6.45, 7) is 7.96. The van der Waals surface area contributed by atoms with Crippen molar-refractivity contribution in [1.82, 2.24) is 24.5 Å². The topological polar surface area (TPSA) is 108 Å². The lowest BCUT2D eigenvalue weighted by Gasteiger charge is -2.09. The fourth-order valence-electron chi connectivity index (χ4n) is 3.42. The van der Waals surface area contributed by atoms with Gasteiger partial charge in [-0.2, -0.15) is 5.10 Å². The quantitative estimate of drug-likeness (QED) is 0.207. The van der Waals surface area contributed by atoms with Gasteiger partial charge in [0, 0.05) is 12.6 Å². The number of aryl methyl sites for hydroxylation is 2. The molecule has 0 unspecified atom stereocenters. The number of para-hydroxylation sites is 1. The number of anilines is 1. The number of allylic oxidation sites excluding steroid dienone is 1. The summed E-state index contributed by atoms with van der Waals surface area (Å²) >= 11 is 1.24. The van der Waals surface area contributed by atoms with Crippen LogP contribution in [-0.2, 0) is 16.1 Å². The van der Waals surface area contributed by atoms with Gasteiger partial charge in [0.25, 0.3) is 0 Å². The zero-order valence-electron chi connectivity index (χ0n) is 18.9. The van der Waals surface area contributed by atoms with Gasteiger partial charge in [0.1, 0.15) is 11.6 Å². The van der Waals surface area contributed by atoms with Crippen LogP contribution in [0, 0.1) is 13.8 Å². The SMILES string of the molecule is C=CCn1c(SCC(=O)CC(=O)Nc2cc(C)nn2-c2ccccc2)nnc1-c1ccoc1C. The van der Waals surface area contributed by atoms with E-state index in [2.05, 4.69) is 27.2 Å². The van der Waals surface area contributed by atoms with Crippen molar-refractivity contribution in [2.24, 2.45) is 0 Å². The molecule has 3 aromatic heterocycles. The Labute approximate surface area is 200 Å². The molecular formula is C24H24N6O3S. The number of benzene rings is 1. The average molecular weight is 477 g/mol. The molecule has 3 heterocycles. The van der Waals surface area contributed by atoms with Crippen molar-refractivity contribution in [2.75, 3.05) is 11.1 Å². The molecule has 1 N–H and O–H groups in total. The minimum Gasteiger partial charge on any atom is -0.469 e. The normalized spacial score (nSPS) is 10.9. The lowest BCUT2D eigenvalue weighted by molar-refractivity contribution is -0.124. The number of amides is 1. The van der Waals surface area contributed by atoms with E-state index in [1.807, 2.05) is 54.8 Å². The van der Waals surface area contributed by atoms with E-state index in [-0.39, 0.29) is 18.0 Å². The van der Waals surface area contributed by atoms with Gasteiger partial charge in [0.05, 0.1) is 35.4 Å². The summed E-state index contributed by atoms with van der Waals surface area (Å²) in [5, 5.41) is 16.3. The molecule has 0 spiro atoms. The number of hydrogen-bond acceptors (Lipinski definition) is 7. The molecular weight excluding hydrogens is 452 g/mol. The smallest absolute Gasteiger partial charge is 0.233 e. The molecule has 0 atom stereocenters. The van der Waals surface area contributed by atoms with Crippen molar-refractivity contribution in [3.63, 3.8) is 0 Å². The monoisotopic (exact) mass is 476 g/mol. The Bertz CT molecular complexity index is 1320. The van der Waals surface area contributed by atoms with Crippen molar-refractivity contribution in [1.29, 1.82) is 0 Å². The molecule has 0 saturated carbocycles. The fourth-order valence-corrected chi connectivity index (χ4v) is 4.23. The third kappa shape index (κ3) is 5.18. The molecule has 0 bridgehead atoms. The van der Waals surface area contributed by atoms with Crippen molar-refractivity contribution in [2.45, 2.75) is 32.0 Å². The first-order valence-corrected chi connectivity index (χ1v) is 11.6. The van der Waals surface area contributed by atoms with Crippen LogP contribution in [0.3, 0.4) is 0 Å². The van der Waals surface area contributed by atoms with Gasteiger partial charge in [-0.15, -0.1) is 16.8 Å². The molecule has 4 aromatic rings. The maximum Gasteiger partial charge on any atom is 0.233 e. The molecule has 0 saturated heterocycles. The van der Waals surface area contributed by atoms with Crippen molar-refractivity contribution in [3.8, 4) is 17.1 Å². The number of ketones is 1. The Kier molecular flexibility index (Phi) is 7.07.